The van der Waals surface area contributed by atoms with E-state index in [-0.39, 0.29) is 0 Å². The monoisotopic (exact) mass is 382 g/mol. The summed E-state index contributed by atoms with van der Waals surface area (Å²) < 4.78 is 24.5. The summed E-state index contributed by atoms with van der Waals surface area (Å²) in [7, 11) is 0. The number of rotatable bonds is 1. The third-order valence-corrected chi connectivity index (χ3v) is 5.07. The van der Waals surface area contributed by atoms with Crippen LogP contribution in [0, 0.1) is 5.82 Å². The van der Waals surface area contributed by atoms with Gasteiger partial charge in [0.2, 0.25) is 11.4 Å². The van der Waals surface area contributed by atoms with Gasteiger partial charge in [0.05, 0.1) is 18.7 Å². The fourth-order valence-corrected chi connectivity index (χ4v) is 3.93. The van der Waals surface area contributed by atoms with Crippen molar-refractivity contribution < 1.29 is 38.1 Å². The molecule has 2 aliphatic heterocycles. The van der Waals surface area contributed by atoms with E-state index in [1.165, 1.54) is 0 Å². The van der Waals surface area contributed by atoms with Crippen LogP contribution in [0.3, 0.4) is 0 Å². The minimum atomic E-state index is -2.64. The zero-order valence-corrected chi connectivity index (χ0v) is 13.4. The molecule has 1 aromatic heterocycles. The standard InChI is InChI=1S/C15H11FN2O9/c16-5-4-18(13(25)17-12(5)24)10-2-8(21)14(26-10)6(19)1-7(20)15(14)9(22)3-11(23)27-15/h4,8,10,21H,1-3H2,(H,17,24,25)/t8-,10+,14-,15?/m0/s1. The van der Waals surface area contributed by atoms with Gasteiger partial charge in [-0.05, 0) is 0 Å². The third kappa shape index (κ3) is 1.96. The third-order valence-electron chi connectivity index (χ3n) is 5.07. The molecule has 3 fully saturated rings. The number of aromatic amines is 1. The predicted octanol–water partition coefficient (Wildman–Crippen LogP) is -2.51. The summed E-state index contributed by atoms with van der Waals surface area (Å²) in [6.07, 6.45) is -4.91. The number of carbonyl (C=O) groups excluding carboxylic acids is 4. The van der Waals surface area contributed by atoms with Crippen LogP contribution in [0.1, 0.15) is 25.5 Å². The largest absolute Gasteiger partial charge is 0.439 e. The number of carbonyl (C=O) groups is 4. The van der Waals surface area contributed by atoms with Crippen molar-refractivity contribution >= 4 is 23.3 Å². The summed E-state index contributed by atoms with van der Waals surface area (Å²) in [6.45, 7) is 0. The Hall–Kier alpha value is -2.99. The van der Waals surface area contributed by atoms with E-state index in [9.17, 15) is 38.3 Å². The van der Waals surface area contributed by atoms with Crippen molar-refractivity contribution in [2.24, 2.45) is 0 Å². The van der Waals surface area contributed by atoms with Crippen LogP contribution < -0.4 is 11.2 Å². The number of esters is 1. The SMILES string of the molecule is O=C1CC(=O)C2(O1)C(=O)CC(=O)[C@@]21O[C@@H](n2cc(F)c(=O)[nH]c2=O)C[C@@H]1O. The van der Waals surface area contributed by atoms with Crippen LogP contribution in [0.4, 0.5) is 4.39 Å². The lowest BCUT2D eigenvalue weighted by Gasteiger charge is -2.36. The minimum absolute atomic E-state index is 0.503. The maximum atomic E-state index is 13.6. The Morgan fingerprint density at radius 3 is 2.41 bits per heavy atom. The fourth-order valence-electron chi connectivity index (χ4n) is 3.93. The van der Waals surface area contributed by atoms with Gasteiger partial charge < -0.3 is 14.6 Å². The molecular formula is C15H11FN2O9. The molecule has 1 aromatic rings. The first-order valence-corrected chi connectivity index (χ1v) is 7.82. The molecule has 11 nitrogen and oxygen atoms in total. The van der Waals surface area contributed by atoms with Gasteiger partial charge in [-0.1, -0.05) is 0 Å². The number of fused-ring (bicyclic) bond motifs is 1. The molecule has 2 spiro atoms. The summed E-state index contributed by atoms with van der Waals surface area (Å²) in [5, 5.41) is 10.5. The first-order valence-electron chi connectivity index (χ1n) is 7.82. The smallest absolute Gasteiger partial charge is 0.330 e. The minimum Gasteiger partial charge on any atom is -0.439 e. The number of ketones is 3. The number of Topliss-reactive ketones (excluding diaryl/α,β-unsaturated/α-hetero) is 3. The molecule has 4 atom stereocenters. The number of H-pyrrole nitrogens is 1. The summed E-state index contributed by atoms with van der Waals surface area (Å²) >= 11 is 0. The van der Waals surface area contributed by atoms with Gasteiger partial charge in [0, 0.05) is 6.42 Å². The summed E-state index contributed by atoms with van der Waals surface area (Å²) in [6, 6.07) is 0. The zero-order chi connectivity index (χ0) is 19.7. The van der Waals surface area contributed by atoms with Gasteiger partial charge in [0.1, 0.15) is 12.6 Å². The molecule has 27 heavy (non-hydrogen) atoms. The van der Waals surface area contributed by atoms with Crippen molar-refractivity contribution in [3.63, 3.8) is 0 Å². The molecule has 0 aromatic carbocycles. The van der Waals surface area contributed by atoms with Crippen molar-refractivity contribution in [3.05, 3.63) is 32.9 Å². The highest BCUT2D eigenvalue weighted by molar-refractivity contribution is 6.31. The fraction of sp³-hybridized carbons (Fsp3) is 0.467. The molecule has 0 radical (unpaired) electrons. The number of ether oxygens (including phenoxy) is 2. The molecule has 1 unspecified atom stereocenters. The number of nitrogens with zero attached hydrogens (tertiary/aromatic N) is 1. The molecule has 2 saturated heterocycles. The average Bonchev–Trinajstić information content (AvgIpc) is 3.15. The van der Waals surface area contributed by atoms with Crippen LogP contribution >= 0.6 is 0 Å². The van der Waals surface area contributed by atoms with Gasteiger partial charge in [-0.25, -0.2) is 4.79 Å². The highest BCUT2D eigenvalue weighted by Gasteiger charge is 2.80. The highest BCUT2D eigenvalue weighted by Crippen LogP contribution is 2.53. The number of hydrogen-bond donors (Lipinski definition) is 2. The second kappa shape index (κ2) is 5.27. The molecule has 1 saturated carbocycles. The quantitative estimate of drug-likeness (QED) is 0.395. The van der Waals surface area contributed by atoms with Gasteiger partial charge >= 0.3 is 11.7 Å². The molecule has 142 valence electrons. The van der Waals surface area contributed by atoms with Crippen LogP contribution in [0.15, 0.2) is 15.8 Å². The van der Waals surface area contributed by atoms with E-state index in [2.05, 4.69) is 0 Å². The Balaban J connectivity index is 1.85. The molecular weight excluding hydrogens is 371 g/mol. The topological polar surface area (TPSA) is 162 Å². The molecule has 2 N–H and O–H groups in total. The van der Waals surface area contributed by atoms with E-state index >= 15 is 0 Å². The normalized spacial score (nSPS) is 35.6. The van der Waals surface area contributed by atoms with E-state index < -0.39 is 83.2 Å². The van der Waals surface area contributed by atoms with Crippen LogP contribution in [0.5, 0.6) is 0 Å². The van der Waals surface area contributed by atoms with E-state index in [1.807, 2.05) is 0 Å². The molecule has 3 heterocycles. The number of nitrogens with one attached hydrogen (secondary N) is 1. The van der Waals surface area contributed by atoms with E-state index in [0.717, 1.165) is 0 Å². The van der Waals surface area contributed by atoms with Crippen LogP contribution in [0.2, 0.25) is 0 Å². The zero-order valence-electron chi connectivity index (χ0n) is 13.4. The van der Waals surface area contributed by atoms with Gasteiger partial charge in [-0.2, -0.15) is 4.39 Å². The first kappa shape index (κ1) is 17.4. The van der Waals surface area contributed by atoms with Crippen molar-refractivity contribution in [1.29, 1.82) is 0 Å². The van der Waals surface area contributed by atoms with Gasteiger partial charge in [-0.3, -0.25) is 33.5 Å². The Morgan fingerprint density at radius 1 is 1.11 bits per heavy atom. The molecule has 12 heteroatoms. The first-order chi connectivity index (χ1) is 12.6. The van der Waals surface area contributed by atoms with Crippen molar-refractivity contribution in [3.8, 4) is 0 Å². The van der Waals surface area contributed by atoms with Gasteiger partial charge in [0.25, 0.3) is 11.2 Å². The predicted molar refractivity (Wildman–Crippen MR) is 77.8 cm³/mol. The summed E-state index contributed by atoms with van der Waals surface area (Å²) in [4.78, 5) is 73.7. The second-order valence-corrected chi connectivity index (χ2v) is 6.48. The van der Waals surface area contributed by atoms with Crippen LogP contribution in [-0.2, 0) is 28.7 Å². The number of aromatic nitrogens is 2. The molecule has 3 aliphatic rings. The number of aliphatic hydroxyl groups is 1. The van der Waals surface area contributed by atoms with Gasteiger partial charge in [0.15, 0.2) is 17.3 Å². The van der Waals surface area contributed by atoms with E-state index in [4.69, 9.17) is 9.47 Å². The average molecular weight is 382 g/mol. The van der Waals surface area contributed by atoms with Crippen LogP contribution in [-0.4, -0.2) is 55.3 Å². The number of aliphatic hydroxyl groups excluding tert-OH is 1. The van der Waals surface area contributed by atoms with Gasteiger partial charge in [-0.15, -0.1) is 0 Å². The Morgan fingerprint density at radius 2 is 1.78 bits per heavy atom. The number of halogens is 1. The summed E-state index contributed by atoms with van der Waals surface area (Å²) in [5.41, 5.74) is -7.56. The maximum absolute atomic E-state index is 13.6. The lowest BCUT2D eigenvalue weighted by molar-refractivity contribution is -0.204. The maximum Gasteiger partial charge on any atom is 0.330 e. The Kier molecular flexibility index (Phi) is 3.40. The van der Waals surface area contributed by atoms with E-state index in [1.54, 1.807) is 4.98 Å². The van der Waals surface area contributed by atoms with Crippen molar-refractivity contribution in [2.75, 3.05) is 0 Å². The molecule has 4 rings (SSSR count). The lowest BCUT2D eigenvalue weighted by atomic mass is 9.78. The Bertz CT molecular complexity index is 1030. The highest BCUT2D eigenvalue weighted by atomic mass is 19.1. The van der Waals surface area contributed by atoms with Crippen molar-refractivity contribution in [1.82, 2.24) is 9.55 Å². The van der Waals surface area contributed by atoms with Crippen molar-refractivity contribution in [2.45, 2.75) is 42.8 Å². The number of hydrogen-bond acceptors (Lipinski definition) is 9. The lowest BCUT2D eigenvalue weighted by Crippen LogP contribution is -2.65. The summed E-state index contributed by atoms with van der Waals surface area (Å²) in [5.74, 6) is -5.47. The van der Waals surface area contributed by atoms with E-state index in [0.29, 0.717) is 10.8 Å². The second-order valence-electron chi connectivity index (χ2n) is 6.48. The molecule has 0 bridgehead atoms. The van der Waals surface area contributed by atoms with Crippen LogP contribution in [0.25, 0.3) is 0 Å². The molecule has 0 amide bonds. The Labute approximate surface area is 147 Å². The molecule has 1 aliphatic carbocycles.